The number of hydrogen-bond donors (Lipinski definition) is 5. The predicted molar refractivity (Wildman–Crippen MR) is 93.1 cm³/mol. The third-order valence-corrected chi connectivity index (χ3v) is 3.71. The van der Waals surface area contributed by atoms with E-state index in [0.717, 1.165) is 11.1 Å². The van der Waals surface area contributed by atoms with Gasteiger partial charge in [-0.3, -0.25) is 9.59 Å². The summed E-state index contributed by atoms with van der Waals surface area (Å²) in [6.45, 7) is 6.63. The quantitative estimate of drug-likeness (QED) is 0.505. The molecule has 1 rings (SSSR count). The Morgan fingerprint density at radius 2 is 1.72 bits per heavy atom. The molecule has 0 aliphatic rings. The number of anilines is 1. The maximum Gasteiger partial charge on any atom is 0.405 e. The Bertz CT molecular complexity index is 645. The molecule has 2 atom stereocenters. The molecule has 0 radical (unpaired) electrons. The summed E-state index contributed by atoms with van der Waals surface area (Å²) in [5, 5.41) is 25.3. The monoisotopic (exact) mass is 351 g/mol. The van der Waals surface area contributed by atoms with Gasteiger partial charge < -0.3 is 26.2 Å². The number of carboxylic acid groups (broad SMARTS) is 1. The number of aliphatic hydroxyl groups is 1. The fourth-order valence-corrected chi connectivity index (χ4v) is 2.24. The number of carbonyl (C=O) groups is 3. The lowest BCUT2D eigenvalue weighted by molar-refractivity contribution is -0.128. The average Bonchev–Trinajstić information content (AvgIpc) is 2.53. The molecule has 3 amide bonds. The van der Waals surface area contributed by atoms with Crippen molar-refractivity contribution in [2.24, 2.45) is 5.92 Å². The largest absolute Gasteiger partial charge is 0.465 e. The molecule has 0 heterocycles. The van der Waals surface area contributed by atoms with Crippen molar-refractivity contribution < 1.29 is 24.6 Å². The molecule has 0 spiro atoms. The lowest BCUT2D eigenvalue weighted by atomic mass is 10.0. The van der Waals surface area contributed by atoms with E-state index in [9.17, 15) is 14.4 Å². The molecule has 0 fully saturated rings. The van der Waals surface area contributed by atoms with Crippen LogP contribution in [-0.2, 0) is 16.2 Å². The minimum Gasteiger partial charge on any atom is -0.465 e. The summed E-state index contributed by atoms with van der Waals surface area (Å²) in [6.07, 6.45) is -1.30. The molecule has 1 aromatic carbocycles. The summed E-state index contributed by atoms with van der Waals surface area (Å²) in [6, 6.07) is 3.33. The van der Waals surface area contributed by atoms with Crippen molar-refractivity contribution in [3.63, 3.8) is 0 Å². The van der Waals surface area contributed by atoms with Crippen molar-refractivity contribution in [3.05, 3.63) is 29.3 Å². The molecule has 0 aliphatic heterocycles. The van der Waals surface area contributed by atoms with Gasteiger partial charge in [-0.15, -0.1) is 0 Å². The van der Waals surface area contributed by atoms with Gasteiger partial charge in [0.15, 0.2) is 0 Å². The summed E-state index contributed by atoms with van der Waals surface area (Å²) in [5.74, 6) is -1.25. The van der Waals surface area contributed by atoms with Gasteiger partial charge in [0.2, 0.25) is 11.8 Å². The van der Waals surface area contributed by atoms with Gasteiger partial charge >= 0.3 is 6.09 Å². The van der Waals surface area contributed by atoms with E-state index in [1.165, 1.54) is 6.92 Å². The van der Waals surface area contributed by atoms with Gasteiger partial charge in [0, 0.05) is 5.69 Å². The minimum absolute atomic E-state index is 0.0886. The maximum absolute atomic E-state index is 12.3. The topological polar surface area (TPSA) is 128 Å². The standard InChI is InChI=1S/C17H25N3O5/c1-9(2)14(20-17(24)25)16(23)18-11(4)15(22)19-13-6-5-12(8-21)7-10(13)3/h5-7,9,11,14,20-21H,8H2,1-4H3,(H,18,23)(H,19,22)(H,24,25)/t11-,14-/m0/s1. The molecule has 1 aromatic rings. The summed E-state index contributed by atoms with van der Waals surface area (Å²) < 4.78 is 0. The number of hydrogen-bond acceptors (Lipinski definition) is 4. The molecule has 0 aliphatic carbocycles. The van der Waals surface area contributed by atoms with E-state index in [1.807, 2.05) is 0 Å². The summed E-state index contributed by atoms with van der Waals surface area (Å²) in [5.41, 5.74) is 2.09. The number of nitrogens with one attached hydrogen (secondary N) is 3. The van der Waals surface area contributed by atoms with E-state index in [0.29, 0.717) is 5.69 Å². The fourth-order valence-electron chi connectivity index (χ4n) is 2.24. The first-order valence-electron chi connectivity index (χ1n) is 7.96. The van der Waals surface area contributed by atoms with Crippen LogP contribution >= 0.6 is 0 Å². The van der Waals surface area contributed by atoms with Gasteiger partial charge in [0.25, 0.3) is 0 Å². The van der Waals surface area contributed by atoms with Crippen LogP contribution in [0.4, 0.5) is 10.5 Å². The minimum atomic E-state index is -1.30. The van der Waals surface area contributed by atoms with Crippen LogP contribution in [-0.4, -0.2) is 40.2 Å². The normalized spacial score (nSPS) is 13.0. The smallest absolute Gasteiger partial charge is 0.405 e. The van der Waals surface area contributed by atoms with E-state index in [1.54, 1.807) is 39.0 Å². The Labute approximate surface area is 146 Å². The number of aliphatic hydroxyl groups excluding tert-OH is 1. The second-order valence-electron chi connectivity index (χ2n) is 6.20. The first-order chi connectivity index (χ1) is 11.6. The van der Waals surface area contributed by atoms with Gasteiger partial charge in [0.05, 0.1) is 6.61 Å². The highest BCUT2D eigenvalue weighted by Gasteiger charge is 2.26. The third-order valence-electron chi connectivity index (χ3n) is 3.71. The van der Waals surface area contributed by atoms with Crippen molar-refractivity contribution in [2.45, 2.75) is 46.4 Å². The molecule has 0 saturated heterocycles. The van der Waals surface area contributed by atoms with Crippen molar-refractivity contribution in [1.82, 2.24) is 10.6 Å². The lowest BCUT2D eigenvalue weighted by Crippen LogP contribution is -2.53. The Morgan fingerprint density at radius 1 is 1.08 bits per heavy atom. The van der Waals surface area contributed by atoms with E-state index >= 15 is 0 Å². The summed E-state index contributed by atoms with van der Waals surface area (Å²) in [4.78, 5) is 35.2. The van der Waals surface area contributed by atoms with E-state index in [4.69, 9.17) is 10.2 Å². The Balaban J connectivity index is 2.72. The molecule has 0 bridgehead atoms. The van der Waals surface area contributed by atoms with Crippen LogP contribution in [0.3, 0.4) is 0 Å². The number of amides is 3. The Kier molecular flexibility index (Phi) is 7.38. The second kappa shape index (κ2) is 9.03. The second-order valence-corrected chi connectivity index (χ2v) is 6.20. The number of carbonyl (C=O) groups excluding carboxylic acids is 2. The fraction of sp³-hybridized carbons (Fsp3) is 0.471. The molecule has 0 unspecified atom stereocenters. The number of aryl methyl sites for hydroxylation is 1. The van der Waals surface area contributed by atoms with E-state index in [2.05, 4.69) is 16.0 Å². The van der Waals surface area contributed by atoms with Gasteiger partial charge in [-0.2, -0.15) is 0 Å². The van der Waals surface area contributed by atoms with Crippen molar-refractivity contribution in [2.75, 3.05) is 5.32 Å². The zero-order valence-electron chi connectivity index (χ0n) is 14.8. The van der Waals surface area contributed by atoms with Crippen LogP contribution in [0.1, 0.15) is 31.9 Å². The molecule has 138 valence electrons. The molecule has 0 aromatic heterocycles. The predicted octanol–water partition coefficient (Wildman–Crippen LogP) is 1.22. The van der Waals surface area contributed by atoms with Crippen molar-refractivity contribution >= 4 is 23.6 Å². The highest BCUT2D eigenvalue weighted by molar-refractivity contribution is 5.98. The van der Waals surface area contributed by atoms with Crippen LogP contribution in [0.15, 0.2) is 18.2 Å². The van der Waals surface area contributed by atoms with Crippen LogP contribution in [0.25, 0.3) is 0 Å². The van der Waals surface area contributed by atoms with E-state index < -0.39 is 30.0 Å². The molecule has 5 N–H and O–H groups in total. The van der Waals surface area contributed by atoms with Crippen molar-refractivity contribution in [3.8, 4) is 0 Å². The van der Waals surface area contributed by atoms with Crippen LogP contribution in [0, 0.1) is 12.8 Å². The molecule has 25 heavy (non-hydrogen) atoms. The first-order valence-corrected chi connectivity index (χ1v) is 7.96. The zero-order valence-corrected chi connectivity index (χ0v) is 14.8. The van der Waals surface area contributed by atoms with Gasteiger partial charge in [-0.05, 0) is 37.0 Å². The number of rotatable bonds is 7. The lowest BCUT2D eigenvalue weighted by Gasteiger charge is -2.22. The Hall–Kier alpha value is -2.61. The van der Waals surface area contributed by atoms with Crippen LogP contribution < -0.4 is 16.0 Å². The van der Waals surface area contributed by atoms with Crippen LogP contribution in [0.2, 0.25) is 0 Å². The van der Waals surface area contributed by atoms with Gasteiger partial charge in [0.1, 0.15) is 12.1 Å². The van der Waals surface area contributed by atoms with Gasteiger partial charge in [-0.25, -0.2) is 4.79 Å². The summed E-state index contributed by atoms with van der Waals surface area (Å²) in [7, 11) is 0. The van der Waals surface area contributed by atoms with Crippen molar-refractivity contribution in [1.29, 1.82) is 0 Å². The van der Waals surface area contributed by atoms with E-state index in [-0.39, 0.29) is 12.5 Å². The SMILES string of the molecule is Cc1cc(CO)ccc1NC(=O)[C@H](C)NC(=O)[C@@H](NC(=O)O)C(C)C. The van der Waals surface area contributed by atoms with Crippen LogP contribution in [0.5, 0.6) is 0 Å². The Morgan fingerprint density at radius 3 is 2.20 bits per heavy atom. The molecular weight excluding hydrogens is 326 g/mol. The molecular formula is C17H25N3O5. The average molecular weight is 351 g/mol. The zero-order chi connectivity index (χ0) is 19.1. The molecule has 8 nitrogen and oxygen atoms in total. The molecule has 8 heteroatoms. The molecule has 0 saturated carbocycles. The first kappa shape index (κ1) is 20.4. The highest BCUT2D eigenvalue weighted by Crippen LogP contribution is 2.17. The summed E-state index contributed by atoms with van der Waals surface area (Å²) >= 11 is 0. The number of benzene rings is 1. The van der Waals surface area contributed by atoms with Gasteiger partial charge in [-0.1, -0.05) is 26.0 Å². The maximum atomic E-state index is 12.3. The highest BCUT2D eigenvalue weighted by atomic mass is 16.4. The third kappa shape index (κ3) is 6.07.